The Kier molecular flexibility index (Phi) is 7.91. The lowest BCUT2D eigenvalue weighted by atomic mass is 9.32. The molecule has 0 aromatic rings. The van der Waals surface area contributed by atoms with Crippen LogP contribution in [0.25, 0.3) is 0 Å². The molecule has 9 atom stereocenters. The molecule has 11 rings (SSSR count). The minimum Gasteiger partial charge on any atom is -0.394 e. The van der Waals surface area contributed by atoms with Gasteiger partial charge in [0.2, 0.25) is 0 Å². The molecule has 2 spiro atoms. The summed E-state index contributed by atoms with van der Waals surface area (Å²) in [6.07, 6.45) is 25.8. The number of aliphatic hydroxyl groups is 4. The predicted octanol–water partition coefficient (Wildman–Crippen LogP) is 6.60. The highest BCUT2D eigenvalue weighted by molar-refractivity contribution is 6.00. The van der Waals surface area contributed by atoms with Gasteiger partial charge < -0.3 is 20.4 Å². The van der Waals surface area contributed by atoms with Crippen LogP contribution in [0.4, 0.5) is 0 Å². The smallest absolute Gasteiger partial charge is 0.162 e. The number of hydrogen-bond acceptors (Lipinski definition) is 6. The quantitative estimate of drug-likeness (QED) is 0.206. The van der Waals surface area contributed by atoms with Gasteiger partial charge in [-0.2, -0.15) is 0 Å². The largest absolute Gasteiger partial charge is 0.394 e. The first-order valence-corrected chi connectivity index (χ1v) is 20.8. The van der Waals surface area contributed by atoms with Crippen molar-refractivity contribution in [2.75, 3.05) is 26.2 Å². The summed E-state index contributed by atoms with van der Waals surface area (Å²) in [6, 6.07) is 0. The Labute approximate surface area is 295 Å². The van der Waals surface area contributed by atoms with E-state index in [2.05, 4.69) is 37.0 Å². The van der Waals surface area contributed by atoms with E-state index in [1.165, 1.54) is 44.9 Å². The van der Waals surface area contributed by atoms with Gasteiger partial charge in [-0.25, -0.2) is 0 Å². The lowest BCUT2D eigenvalue weighted by Crippen LogP contribution is -2.67. The maximum atomic E-state index is 14.9. The van der Waals surface area contributed by atoms with Crippen LogP contribution in [-0.2, 0) is 4.79 Å². The average molecular weight is 676 g/mol. The van der Waals surface area contributed by atoms with Gasteiger partial charge in [-0.1, -0.05) is 51.3 Å². The first kappa shape index (κ1) is 33.8. The molecule has 11 aliphatic carbocycles. The maximum absolute atomic E-state index is 14.9. The number of allylic oxidation sites excluding steroid dienone is 4. The molecule has 4 N–H and O–H groups in total. The highest BCUT2D eigenvalue weighted by atomic mass is 16.3. The highest BCUT2D eigenvalue weighted by Crippen LogP contribution is 2.78. The molecule has 8 saturated carbocycles. The molecular weight excluding hydrogens is 610 g/mol. The Morgan fingerprint density at radius 3 is 2.14 bits per heavy atom. The van der Waals surface area contributed by atoms with Crippen molar-refractivity contribution >= 4 is 5.78 Å². The maximum Gasteiger partial charge on any atom is 0.162 e. The van der Waals surface area contributed by atoms with E-state index < -0.39 is 11.7 Å². The summed E-state index contributed by atoms with van der Waals surface area (Å²) in [4.78, 5) is 17.3. The van der Waals surface area contributed by atoms with E-state index in [1.54, 1.807) is 0 Å². The summed E-state index contributed by atoms with van der Waals surface area (Å²) < 4.78 is 0. The van der Waals surface area contributed by atoms with Gasteiger partial charge in [0.15, 0.2) is 5.78 Å². The number of nitrogens with zero attached hydrogens (tertiary/aromatic N) is 1. The zero-order chi connectivity index (χ0) is 34.0. The second kappa shape index (κ2) is 11.5. The van der Waals surface area contributed by atoms with Gasteiger partial charge in [0.1, 0.15) is 0 Å². The molecule has 0 aliphatic heterocycles. The van der Waals surface area contributed by atoms with Gasteiger partial charge >= 0.3 is 0 Å². The van der Waals surface area contributed by atoms with Crippen LogP contribution in [-0.4, -0.2) is 75.2 Å². The molecule has 6 heteroatoms. The Morgan fingerprint density at radius 2 is 1.47 bits per heavy atom. The Bertz CT molecular complexity index is 1360. The second-order valence-corrected chi connectivity index (χ2v) is 20.4. The zero-order valence-corrected chi connectivity index (χ0v) is 30.6. The Morgan fingerprint density at radius 1 is 0.837 bits per heavy atom. The fourth-order valence-corrected chi connectivity index (χ4v) is 16.1. The van der Waals surface area contributed by atoms with Gasteiger partial charge in [0, 0.05) is 47.4 Å². The van der Waals surface area contributed by atoms with Gasteiger partial charge in [-0.05, 0) is 137 Å². The molecule has 0 aromatic carbocycles. The number of fused-ring (bicyclic) bond motifs is 1. The van der Waals surface area contributed by atoms with Crippen LogP contribution in [0.3, 0.4) is 0 Å². The Hall–Kier alpha value is -1.05. The number of rotatable bonds is 9. The van der Waals surface area contributed by atoms with E-state index in [-0.39, 0.29) is 51.6 Å². The van der Waals surface area contributed by atoms with Gasteiger partial charge in [0.05, 0.1) is 24.4 Å². The fraction of sp³-hybridized carbons (Fsp3) is 0.884. The lowest BCUT2D eigenvalue weighted by molar-refractivity contribution is -0.182. The zero-order valence-electron chi connectivity index (χ0n) is 30.6. The highest BCUT2D eigenvalue weighted by Gasteiger charge is 2.74. The molecule has 0 aromatic heterocycles. The van der Waals surface area contributed by atoms with E-state index in [1.807, 2.05) is 0 Å². The summed E-state index contributed by atoms with van der Waals surface area (Å²) >= 11 is 0. The molecule has 9 unspecified atom stereocenters. The summed E-state index contributed by atoms with van der Waals surface area (Å²) in [5, 5.41) is 45.1. The van der Waals surface area contributed by atoms with E-state index in [4.69, 9.17) is 0 Å². The van der Waals surface area contributed by atoms with E-state index >= 15 is 0 Å². The molecule has 0 amide bonds. The van der Waals surface area contributed by atoms with Crippen LogP contribution in [0.1, 0.15) is 129 Å². The molecule has 0 saturated heterocycles. The third-order valence-corrected chi connectivity index (χ3v) is 17.8. The van der Waals surface area contributed by atoms with Crippen molar-refractivity contribution in [2.24, 2.45) is 62.6 Å². The first-order chi connectivity index (χ1) is 23.4. The number of carbonyl (C=O) groups is 1. The number of ketones is 1. The van der Waals surface area contributed by atoms with Crippen LogP contribution in [0.15, 0.2) is 23.8 Å². The standard InChI is InChI=1S/C43H65NO5/c1-38-11-8-32(46)22-41(38)14-15-43(34(23-41)37(48)31-6-4-3-5-7-31)35(38)9-12-39(2)36(43)10-13-42(39,49)27-44(24-33(47)25-45)26-40-19-28-16-29(20-40)18-30(17-28)21-40/h14-15,23,28-33,35-36,45-47,49H,3-13,16-22,24-27H2,1-2H3. The monoisotopic (exact) mass is 675 g/mol. The molecule has 6 bridgehead atoms. The van der Waals surface area contributed by atoms with Crippen LogP contribution in [0, 0.1) is 62.6 Å². The normalized spacial score (nSPS) is 51.8. The molecule has 6 nitrogen and oxygen atoms in total. The van der Waals surface area contributed by atoms with Crippen molar-refractivity contribution in [1.29, 1.82) is 0 Å². The van der Waals surface area contributed by atoms with E-state index in [0.29, 0.717) is 37.6 Å². The van der Waals surface area contributed by atoms with Crippen LogP contribution >= 0.6 is 0 Å². The predicted molar refractivity (Wildman–Crippen MR) is 190 cm³/mol. The van der Waals surface area contributed by atoms with Crippen molar-refractivity contribution in [2.45, 2.75) is 147 Å². The minimum atomic E-state index is -0.933. The molecule has 49 heavy (non-hydrogen) atoms. The number of aliphatic hydroxyl groups excluding tert-OH is 3. The summed E-state index contributed by atoms with van der Waals surface area (Å²) in [6.45, 7) is 6.44. The SMILES string of the molecule is CC12CCC(O)CC13C=CC1(C(C(=O)C4CCCCC4)=C3)C2CCC2(C)C1CCC2(O)CN(CC(O)CO)CC12CC3CC(CC(C3)C1)C2. The average Bonchev–Trinajstić information content (AvgIpc) is 3.33. The molecule has 11 aliphatic rings. The minimum absolute atomic E-state index is 0.00482. The third-order valence-electron chi connectivity index (χ3n) is 17.8. The van der Waals surface area contributed by atoms with Crippen molar-refractivity contribution < 1.29 is 25.2 Å². The molecule has 272 valence electrons. The number of carbonyl (C=O) groups excluding carboxylic acids is 1. The molecular formula is C43H65NO5. The summed E-state index contributed by atoms with van der Waals surface area (Å²) in [5.74, 6) is 3.51. The van der Waals surface area contributed by atoms with Crippen LogP contribution in [0.5, 0.6) is 0 Å². The molecule has 8 fully saturated rings. The van der Waals surface area contributed by atoms with Crippen molar-refractivity contribution in [3.8, 4) is 0 Å². The van der Waals surface area contributed by atoms with Gasteiger partial charge in [-0.15, -0.1) is 0 Å². The van der Waals surface area contributed by atoms with Crippen molar-refractivity contribution in [3.05, 3.63) is 23.8 Å². The van der Waals surface area contributed by atoms with Gasteiger partial charge in [-0.3, -0.25) is 9.69 Å². The van der Waals surface area contributed by atoms with E-state index in [0.717, 1.165) is 87.7 Å². The number of hydrogen-bond donors (Lipinski definition) is 4. The van der Waals surface area contributed by atoms with Crippen molar-refractivity contribution in [1.82, 2.24) is 4.90 Å². The van der Waals surface area contributed by atoms with Crippen molar-refractivity contribution in [3.63, 3.8) is 0 Å². The topological polar surface area (TPSA) is 101 Å². The van der Waals surface area contributed by atoms with Crippen LogP contribution in [0.2, 0.25) is 0 Å². The Balaban J connectivity index is 1.07. The molecule has 0 radical (unpaired) electrons. The molecule has 0 heterocycles. The third kappa shape index (κ3) is 4.77. The number of Topliss-reactive ketones (excluding diaryl/α,β-unsaturated/α-hetero) is 1. The first-order valence-electron chi connectivity index (χ1n) is 20.8. The second-order valence-electron chi connectivity index (χ2n) is 20.4. The summed E-state index contributed by atoms with van der Waals surface area (Å²) in [5.41, 5.74) is -0.622. The summed E-state index contributed by atoms with van der Waals surface area (Å²) in [7, 11) is 0. The van der Waals surface area contributed by atoms with Crippen LogP contribution < -0.4 is 0 Å². The van der Waals surface area contributed by atoms with Gasteiger partial charge in [0.25, 0.3) is 0 Å². The fourth-order valence-electron chi connectivity index (χ4n) is 16.1. The lowest BCUT2D eigenvalue weighted by Gasteiger charge is -2.71. The van der Waals surface area contributed by atoms with E-state index in [9.17, 15) is 25.2 Å².